The SMILES string of the molecule is CN(C)C1(CNC(=O)CCc2cccc(N)c2)CCCC1. The highest BCUT2D eigenvalue weighted by atomic mass is 16.1. The second-order valence-electron chi connectivity index (χ2n) is 6.35. The van der Waals surface area contributed by atoms with Crippen molar-refractivity contribution in [2.45, 2.75) is 44.1 Å². The Labute approximate surface area is 127 Å². The lowest BCUT2D eigenvalue weighted by Crippen LogP contribution is -2.50. The Morgan fingerprint density at radius 1 is 1.33 bits per heavy atom. The van der Waals surface area contributed by atoms with Crippen LogP contribution in [0.3, 0.4) is 0 Å². The van der Waals surface area contributed by atoms with Gasteiger partial charge in [-0.25, -0.2) is 0 Å². The van der Waals surface area contributed by atoms with Gasteiger partial charge in [0.15, 0.2) is 0 Å². The van der Waals surface area contributed by atoms with Crippen LogP contribution in [-0.4, -0.2) is 37.0 Å². The van der Waals surface area contributed by atoms with Crippen LogP contribution in [0.15, 0.2) is 24.3 Å². The standard InChI is InChI=1S/C17H27N3O/c1-20(2)17(10-3-4-11-17)13-19-16(21)9-8-14-6-5-7-15(18)12-14/h5-7,12H,3-4,8-11,13,18H2,1-2H3,(H,19,21). The van der Waals surface area contributed by atoms with Gasteiger partial charge in [0.1, 0.15) is 0 Å². The molecule has 1 amide bonds. The molecule has 116 valence electrons. The molecule has 1 saturated carbocycles. The van der Waals surface area contributed by atoms with Crippen molar-refractivity contribution in [1.29, 1.82) is 0 Å². The van der Waals surface area contributed by atoms with Crippen LogP contribution in [-0.2, 0) is 11.2 Å². The molecule has 0 atom stereocenters. The first-order valence-electron chi connectivity index (χ1n) is 7.80. The van der Waals surface area contributed by atoms with Gasteiger partial charge < -0.3 is 16.0 Å². The molecule has 3 N–H and O–H groups in total. The van der Waals surface area contributed by atoms with E-state index in [1.807, 2.05) is 24.3 Å². The Morgan fingerprint density at radius 3 is 2.67 bits per heavy atom. The average Bonchev–Trinajstić information content (AvgIpc) is 2.93. The molecule has 1 aromatic carbocycles. The van der Waals surface area contributed by atoms with E-state index in [-0.39, 0.29) is 11.4 Å². The summed E-state index contributed by atoms with van der Waals surface area (Å²) in [5, 5.41) is 3.12. The van der Waals surface area contributed by atoms with Gasteiger partial charge in [0.25, 0.3) is 0 Å². The van der Waals surface area contributed by atoms with E-state index in [1.165, 1.54) is 25.7 Å². The van der Waals surface area contributed by atoms with Gasteiger partial charge in [-0.1, -0.05) is 25.0 Å². The van der Waals surface area contributed by atoms with Crippen LogP contribution in [0.5, 0.6) is 0 Å². The molecule has 0 aromatic heterocycles. The smallest absolute Gasteiger partial charge is 0.220 e. The Morgan fingerprint density at radius 2 is 2.05 bits per heavy atom. The molecular weight excluding hydrogens is 262 g/mol. The van der Waals surface area contributed by atoms with Crippen molar-refractivity contribution in [3.8, 4) is 0 Å². The van der Waals surface area contributed by atoms with Crippen molar-refractivity contribution in [3.63, 3.8) is 0 Å². The van der Waals surface area contributed by atoms with Crippen molar-refractivity contribution in [2.75, 3.05) is 26.4 Å². The average molecular weight is 289 g/mol. The van der Waals surface area contributed by atoms with Gasteiger partial charge in [0, 0.05) is 24.2 Å². The predicted molar refractivity (Wildman–Crippen MR) is 87.1 cm³/mol. The van der Waals surface area contributed by atoms with E-state index >= 15 is 0 Å². The number of carbonyl (C=O) groups is 1. The maximum atomic E-state index is 12.1. The van der Waals surface area contributed by atoms with E-state index in [1.54, 1.807) is 0 Å². The summed E-state index contributed by atoms with van der Waals surface area (Å²) in [6.45, 7) is 0.760. The zero-order valence-corrected chi connectivity index (χ0v) is 13.2. The number of carbonyl (C=O) groups excluding carboxylic acids is 1. The van der Waals surface area contributed by atoms with Gasteiger partial charge in [-0.2, -0.15) is 0 Å². The highest BCUT2D eigenvalue weighted by Gasteiger charge is 2.35. The third-order valence-electron chi connectivity index (χ3n) is 4.69. The zero-order valence-electron chi connectivity index (χ0n) is 13.2. The maximum absolute atomic E-state index is 12.1. The van der Waals surface area contributed by atoms with Crippen molar-refractivity contribution < 1.29 is 4.79 Å². The molecular formula is C17H27N3O. The number of hydrogen-bond donors (Lipinski definition) is 2. The molecule has 21 heavy (non-hydrogen) atoms. The second kappa shape index (κ2) is 6.94. The predicted octanol–water partition coefficient (Wildman–Crippen LogP) is 2.19. The summed E-state index contributed by atoms with van der Waals surface area (Å²) in [5.41, 5.74) is 7.78. The van der Waals surface area contributed by atoms with E-state index in [0.717, 1.165) is 24.2 Å². The largest absolute Gasteiger partial charge is 0.399 e. The lowest BCUT2D eigenvalue weighted by molar-refractivity contribution is -0.121. The van der Waals surface area contributed by atoms with E-state index in [4.69, 9.17) is 5.73 Å². The fourth-order valence-corrected chi connectivity index (χ4v) is 3.17. The third-order valence-corrected chi connectivity index (χ3v) is 4.69. The first-order valence-corrected chi connectivity index (χ1v) is 7.80. The van der Waals surface area contributed by atoms with Crippen LogP contribution in [0.25, 0.3) is 0 Å². The van der Waals surface area contributed by atoms with E-state index < -0.39 is 0 Å². The minimum absolute atomic E-state index is 0.130. The Balaban J connectivity index is 1.79. The van der Waals surface area contributed by atoms with Crippen LogP contribution in [0.2, 0.25) is 0 Å². The van der Waals surface area contributed by atoms with Crippen molar-refractivity contribution >= 4 is 11.6 Å². The van der Waals surface area contributed by atoms with Crippen LogP contribution in [0.1, 0.15) is 37.7 Å². The summed E-state index contributed by atoms with van der Waals surface area (Å²) in [5.74, 6) is 0.130. The number of nitrogens with zero attached hydrogens (tertiary/aromatic N) is 1. The van der Waals surface area contributed by atoms with Crippen LogP contribution in [0, 0.1) is 0 Å². The molecule has 0 heterocycles. The third kappa shape index (κ3) is 4.21. The highest BCUT2D eigenvalue weighted by molar-refractivity contribution is 5.76. The van der Waals surface area contributed by atoms with Gasteiger partial charge in [0.2, 0.25) is 5.91 Å². The topological polar surface area (TPSA) is 58.4 Å². The molecule has 0 bridgehead atoms. The monoisotopic (exact) mass is 289 g/mol. The number of anilines is 1. The fraction of sp³-hybridized carbons (Fsp3) is 0.588. The molecule has 1 aliphatic rings. The van der Waals surface area contributed by atoms with Gasteiger partial charge in [0.05, 0.1) is 0 Å². The number of rotatable bonds is 6. The van der Waals surface area contributed by atoms with Crippen molar-refractivity contribution in [1.82, 2.24) is 10.2 Å². The van der Waals surface area contributed by atoms with E-state index in [9.17, 15) is 4.79 Å². The van der Waals surface area contributed by atoms with Gasteiger partial charge in [-0.15, -0.1) is 0 Å². The fourth-order valence-electron chi connectivity index (χ4n) is 3.17. The number of aryl methyl sites for hydroxylation is 1. The molecule has 1 aliphatic carbocycles. The molecule has 1 aromatic rings. The van der Waals surface area contributed by atoms with Crippen molar-refractivity contribution in [2.24, 2.45) is 0 Å². The zero-order chi connectivity index (χ0) is 15.3. The summed E-state index contributed by atoms with van der Waals surface area (Å²) in [6, 6.07) is 7.75. The number of nitrogen functional groups attached to an aromatic ring is 1. The quantitative estimate of drug-likeness (QED) is 0.789. The summed E-state index contributed by atoms with van der Waals surface area (Å²) < 4.78 is 0. The molecule has 4 heteroatoms. The van der Waals surface area contributed by atoms with Crippen LogP contribution >= 0.6 is 0 Å². The number of nitrogens with two attached hydrogens (primary N) is 1. The molecule has 2 rings (SSSR count). The van der Waals surface area contributed by atoms with Crippen LogP contribution < -0.4 is 11.1 Å². The number of benzene rings is 1. The van der Waals surface area contributed by atoms with Crippen LogP contribution in [0.4, 0.5) is 5.69 Å². The molecule has 0 aliphatic heterocycles. The molecule has 0 spiro atoms. The molecule has 1 fully saturated rings. The molecule has 0 radical (unpaired) electrons. The van der Waals surface area contributed by atoms with Gasteiger partial charge in [-0.05, 0) is 51.1 Å². The first-order chi connectivity index (χ1) is 10.0. The second-order valence-corrected chi connectivity index (χ2v) is 6.35. The maximum Gasteiger partial charge on any atom is 0.220 e. The van der Waals surface area contributed by atoms with E-state index in [2.05, 4.69) is 24.3 Å². The number of nitrogens with one attached hydrogen (secondary N) is 1. The van der Waals surface area contributed by atoms with E-state index in [0.29, 0.717) is 6.42 Å². The molecule has 0 saturated heterocycles. The Bertz CT molecular complexity index is 479. The Kier molecular flexibility index (Phi) is 5.23. The highest BCUT2D eigenvalue weighted by Crippen LogP contribution is 2.33. The van der Waals surface area contributed by atoms with Gasteiger partial charge >= 0.3 is 0 Å². The Hall–Kier alpha value is -1.55. The number of hydrogen-bond acceptors (Lipinski definition) is 3. The lowest BCUT2D eigenvalue weighted by Gasteiger charge is -2.36. The summed E-state index contributed by atoms with van der Waals surface area (Å²) in [6.07, 6.45) is 6.14. The molecule has 4 nitrogen and oxygen atoms in total. The minimum atomic E-state index is 0.130. The minimum Gasteiger partial charge on any atom is -0.399 e. The van der Waals surface area contributed by atoms with Crippen molar-refractivity contribution in [3.05, 3.63) is 29.8 Å². The van der Waals surface area contributed by atoms with Gasteiger partial charge in [-0.3, -0.25) is 4.79 Å². The summed E-state index contributed by atoms with van der Waals surface area (Å²) in [7, 11) is 4.23. The summed E-state index contributed by atoms with van der Waals surface area (Å²) >= 11 is 0. The first kappa shape index (κ1) is 15.8. The normalized spacial score (nSPS) is 17.1. The number of likely N-dealkylation sites (N-methyl/N-ethyl adjacent to an activating group) is 1. The summed E-state index contributed by atoms with van der Waals surface area (Å²) in [4.78, 5) is 14.3. The molecule has 0 unspecified atom stereocenters. The number of amides is 1. The lowest BCUT2D eigenvalue weighted by atomic mass is 9.96.